The Balaban J connectivity index is 1.78. The summed E-state index contributed by atoms with van der Waals surface area (Å²) in [5.74, 6) is -0.586. The van der Waals surface area contributed by atoms with E-state index in [2.05, 4.69) is 10.6 Å². The Morgan fingerprint density at radius 1 is 0.933 bits per heavy atom. The molecule has 0 aromatic heterocycles. The van der Waals surface area contributed by atoms with Crippen LogP contribution >= 0.6 is 0 Å². The van der Waals surface area contributed by atoms with E-state index in [9.17, 15) is 14.4 Å². The fourth-order valence-electron chi connectivity index (χ4n) is 2.84. The van der Waals surface area contributed by atoms with Crippen molar-refractivity contribution in [1.29, 1.82) is 0 Å². The fourth-order valence-corrected chi connectivity index (χ4v) is 2.84. The van der Waals surface area contributed by atoms with Crippen molar-refractivity contribution in [2.45, 2.75) is 40.5 Å². The maximum Gasteiger partial charge on any atom is 0.344 e. The molecule has 7 nitrogen and oxygen atoms in total. The molecule has 2 N–H and O–H groups in total. The summed E-state index contributed by atoms with van der Waals surface area (Å²) in [7, 11) is 0. The van der Waals surface area contributed by atoms with Gasteiger partial charge in [-0.25, -0.2) is 9.59 Å². The molecular formula is C23H28N2O5. The second kappa shape index (κ2) is 10.4. The van der Waals surface area contributed by atoms with E-state index in [1.54, 1.807) is 6.07 Å². The third-order valence-electron chi connectivity index (χ3n) is 4.38. The van der Waals surface area contributed by atoms with Crippen molar-refractivity contribution in [2.75, 3.05) is 18.5 Å². The molecule has 0 saturated heterocycles. The monoisotopic (exact) mass is 412 g/mol. The van der Waals surface area contributed by atoms with E-state index in [1.165, 1.54) is 0 Å². The third-order valence-corrected chi connectivity index (χ3v) is 4.38. The number of ether oxygens (including phenoxy) is 2. The van der Waals surface area contributed by atoms with Crippen molar-refractivity contribution in [2.24, 2.45) is 0 Å². The summed E-state index contributed by atoms with van der Waals surface area (Å²) < 4.78 is 10.5. The lowest BCUT2D eigenvalue weighted by molar-refractivity contribution is -0.150. The Kier molecular flexibility index (Phi) is 7.98. The van der Waals surface area contributed by atoms with Crippen LogP contribution in [0.25, 0.3) is 0 Å². The average Bonchev–Trinajstić information content (AvgIpc) is 2.66. The number of aryl methyl sites for hydroxylation is 3. The molecule has 0 aliphatic heterocycles. The minimum atomic E-state index is -0.732. The van der Waals surface area contributed by atoms with Gasteiger partial charge in [-0.2, -0.15) is 0 Å². The van der Waals surface area contributed by atoms with Crippen molar-refractivity contribution in [3.8, 4) is 5.75 Å². The van der Waals surface area contributed by atoms with Gasteiger partial charge in [0.05, 0.1) is 0 Å². The molecule has 0 radical (unpaired) electrons. The predicted octanol–water partition coefficient (Wildman–Crippen LogP) is 4.01. The molecule has 0 saturated carbocycles. The summed E-state index contributed by atoms with van der Waals surface area (Å²) in [6, 6.07) is 10.6. The minimum absolute atomic E-state index is 0.234. The lowest BCUT2D eigenvalue weighted by Crippen LogP contribution is -2.37. The highest BCUT2D eigenvalue weighted by atomic mass is 16.6. The van der Waals surface area contributed by atoms with E-state index in [0.717, 1.165) is 22.3 Å². The molecule has 0 bridgehead atoms. The Morgan fingerprint density at radius 3 is 2.27 bits per heavy atom. The highest BCUT2D eigenvalue weighted by Crippen LogP contribution is 2.27. The van der Waals surface area contributed by atoms with Crippen LogP contribution in [0.5, 0.6) is 5.75 Å². The number of carbonyl (C=O) groups is 3. The van der Waals surface area contributed by atoms with Gasteiger partial charge in [-0.1, -0.05) is 43.7 Å². The molecule has 2 rings (SSSR count). The Morgan fingerprint density at radius 2 is 1.60 bits per heavy atom. The summed E-state index contributed by atoms with van der Waals surface area (Å²) in [5, 5.41) is 4.71. The van der Waals surface area contributed by atoms with Crippen LogP contribution in [-0.4, -0.2) is 31.1 Å². The van der Waals surface area contributed by atoms with Gasteiger partial charge < -0.3 is 14.8 Å². The van der Waals surface area contributed by atoms with Gasteiger partial charge >= 0.3 is 12.0 Å². The predicted molar refractivity (Wildman–Crippen MR) is 115 cm³/mol. The molecule has 0 aliphatic rings. The smallest absolute Gasteiger partial charge is 0.344 e. The number of anilines is 1. The van der Waals surface area contributed by atoms with E-state index < -0.39 is 24.5 Å². The molecule has 2 aromatic carbocycles. The lowest BCUT2D eigenvalue weighted by Gasteiger charge is -2.14. The Hall–Kier alpha value is -3.35. The van der Waals surface area contributed by atoms with Gasteiger partial charge in [0.2, 0.25) is 0 Å². The number of carbonyl (C=O) groups excluding carboxylic acids is 3. The van der Waals surface area contributed by atoms with Gasteiger partial charge in [-0.15, -0.1) is 0 Å². The van der Waals surface area contributed by atoms with Gasteiger partial charge in [-0.3, -0.25) is 10.1 Å². The maximum atomic E-state index is 11.9. The molecular weight excluding hydrogens is 384 g/mol. The molecule has 0 atom stereocenters. The highest BCUT2D eigenvalue weighted by Gasteiger charge is 2.14. The first-order valence-electron chi connectivity index (χ1n) is 9.72. The van der Waals surface area contributed by atoms with Gasteiger partial charge in [0.25, 0.3) is 5.91 Å². The molecule has 160 valence electrons. The van der Waals surface area contributed by atoms with E-state index in [0.29, 0.717) is 11.4 Å². The van der Waals surface area contributed by atoms with E-state index in [-0.39, 0.29) is 12.5 Å². The van der Waals surface area contributed by atoms with Crippen molar-refractivity contribution in [3.63, 3.8) is 0 Å². The van der Waals surface area contributed by atoms with Crippen molar-refractivity contribution >= 4 is 23.6 Å². The summed E-state index contributed by atoms with van der Waals surface area (Å²) in [5.41, 5.74) is 4.52. The van der Waals surface area contributed by atoms with Crippen LogP contribution in [0.4, 0.5) is 10.5 Å². The van der Waals surface area contributed by atoms with E-state index >= 15 is 0 Å². The lowest BCUT2D eigenvalue weighted by atomic mass is 10.0. The number of nitrogens with one attached hydrogen (secondary N) is 2. The first kappa shape index (κ1) is 22.9. The number of hydrogen-bond donors (Lipinski definition) is 2. The van der Waals surface area contributed by atoms with Crippen LogP contribution in [0.3, 0.4) is 0 Å². The van der Waals surface area contributed by atoms with Gasteiger partial charge in [0.15, 0.2) is 13.2 Å². The average molecular weight is 412 g/mol. The number of imide groups is 1. The van der Waals surface area contributed by atoms with Gasteiger partial charge in [0.1, 0.15) is 5.75 Å². The van der Waals surface area contributed by atoms with Crippen LogP contribution in [0, 0.1) is 20.8 Å². The molecule has 0 heterocycles. The van der Waals surface area contributed by atoms with Crippen LogP contribution in [0.2, 0.25) is 0 Å². The van der Waals surface area contributed by atoms with Crippen molar-refractivity contribution in [1.82, 2.24) is 5.32 Å². The third kappa shape index (κ3) is 6.92. The minimum Gasteiger partial charge on any atom is -0.482 e. The van der Waals surface area contributed by atoms with Crippen LogP contribution in [0.15, 0.2) is 36.4 Å². The number of rotatable bonds is 7. The number of amides is 3. The summed E-state index contributed by atoms with van der Waals surface area (Å²) in [6.07, 6.45) is 0. The Bertz CT molecular complexity index is 937. The topological polar surface area (TPSA) is 93.7 Å². The van der Waals surface area contributed by atoms with Crippen LogP contribution in [-0.2, 0) is 14.3 Å². The summed E-state index contributed by atoms with van der Waals surface area (Å²) >= 11 is 0. The number of hydrogen-bond acceptors (Lipinski definition) is 5. The van der Waals surface area contributed by atoms with Crippen molar-refractivity contribution in [3.05, 3.63) is 58.7 Å². The van der Waals surface area contributed by atoms with Crippen LogP contribution < -0.4 is 15.4 Å². The molecule has 2 aromatic rings. The number of esters is 1. The van der Waals surface area contributed by atoms with Gasteiger partial charge in [0, 0.05) is 5.69 Å². The van der Waals surface area contributed by atoms with E-state index in [1.807, 2.05) is 65.0 Å². The SMILES string of the molecule is Cc1ccc(NC(=O)NC(=O)COC(=O)COc2cc(C)ccc2C(C)C)c(C)c1. The molecule has 30 heavy (non-hydrogen) atoms. The quantitative estimate of drug-likeness (QED) is 0.671. The Labute approximate surface area is 176 Å². The first-order valence-corrected chi connectivity index (χ1v) is 9.72. The fraction of sp³-hybridized carbons (Fsp3) is 0.348. The van der Waals surface area contributed by atoms with Crippen molar-refractivity contribution < 1.29 is 23.9 Å². The zero-order valence-corrected chi connectivity index (χ0v) is 18.0. The largest absolute Gasteiger partial charge is 0.482 e. The zero-order chi connectivity index (χ0) is 22.3. The second-order valence-corrected chi connectivity index (χ2v) is 7.47. The number of urea groups is 1. The number of benzene rings is 2. The molecule has 7 heteroatoms. The molecule has 0 unspecified atom stereocenters. The normalized spacial score (nSPS) is 10.5. The molecule has 0 spiro atoms. The molecule has 3 amide bonds. The zero-order valence-electron chi connectivity index (χ0n) is 18.0. The molecule has 0 aliphatic carbocycles. The summed E-state index contributed by atoms with van der Waals surface area (Å²) in [6.45, 7) is 8.89. The summed E-state index contributed by atoms with van der Waals surface area (Å²) in [4.78, 5) is 35.7. The van der Waals surface area contributed by atoms with Gasteiger partial charge in [-0.05, 0) is 55.5 Å². The second-order valence-electron chi connectivity index (χ2n) is 7.47. The standard InChI is InChI=1S/C23H28N2O5/c1-14(2)18-8-6-16(4)11-20(18)29-13-22(27)30-12-21(26)25-23(28)24-19-9-7-15(3)10-17(19)5/h6-11,14H,12-13H2,1-5H3,(H2,24,25,26,28). The van der Waals surface area contributed by atoms with Crippen LogP contribution in [0.1, 0.15) is 42.0 Å². The maximum absolute atomic E-state index is 11.9. The highest BCUT2D eigenvalue weighted by molar-refractivity contribution is 6.02. The van der Waals surface area contributed by atoms with E-state index in [4.69, 9.17) is 9.47 Å². The first-order chi connectivity index (χ1) is 14.2. The molecule has 0 fully saturated rings.